The van der Waals surface area contributed by atoms with Crippen LogP contribution < -0.4 is 0 Å². The Kier molecular flexibility index (Phi) is 36.4. The predicted molar refractivity (Wildman–Crippen MR) is 467 cm³/mol. The standard InChI is InChI=1S/C18H24Se.C16H20Se.C13H14Se.C12H20Se.C11H10Se.C10H16Se.C8H12Se.C6H8Se/c1-12-13(2)17(19-14(12)3)16-9-7-15(8-10-16)11-18(4,5)6;1-12-5-10-15(17-12)14-8-6-13(7-9-14)11-16(2,3)4;1-9-10(2)13(14-11(9)3)12-7-5-4-6-8-12;1-8-9(2)11(13-10(8)3)7-12(4,5)6;1-9-7-8-11(12-9)10-5-3-2-4-6-10;1-8-5-6-9(11-8)7-10(2,3)4;1-5-6(2)8(4)9-7(5)3;1-5-3-4-6(2)7-5/h7-10H,11H2,1-6H3;5-10H,11H2,1-4H3;4-8H,1-3H3;7H2,1-6H3;2-8H,1H3;5-6H,7H2,1-4H3;1-4H3;3-4H,1-2H3. The van der Waals surface area contributed by atoms with E-state index in [1.165, 1.54) is 97.4 Å². The van der Waals surface area contributed by atoms with Gasteiger partial charge in [0.25, 0.3) is 0 Å². The third-order valence-electron chi connectivity index (χ3n) is 17.6. The van der Waals surface area contributed by atoms with Crippen molar-refractivity contribution >= 4 is 116 Å². The Balaban J connectivity index is 0.000000213. The molecule has 0 saturated heterocycles. The molecule has 8 heterocycles. The van der Waals surface area contributed by atoms with Crippen LogP contribution in [0, 0.1) is 146 Å². The second-order valence-electron chi connectivity index (χ2n) is 32.3. The first-order chi connectivity index (χ1) is 47.5. The van der Waals surface area contributed by atoms with Crippen LogP contribution in [0.15, 0.2) is 158 Å². The SMILES string of the molecule is Cc1[se]c(-c2ccc(CC(C)(C)C)cc2)c(C)c1C.Cc1[se]c(-c2ccccc2)c(C)c1C.Cc1[se]c(C)c(C)c1C.Cc1[se]c(CC(C)(C)C)c(C)c1C.Cc1ccc(-c2ccc(CC(C)(C)C)cc2)[se]1.Cc1ccc(-c2ccccc2)[se]1.Cc1ccc(C)[se]1.Cc1ccc(CC(C)(C)C)[se]1. The van der Waals surface area contributed by atoms with Crippen molar-refractivity contribution in [3.63, 3.8) is 0 Å². The molecule has 0 nitrogen and oxygen atoms in total. The molecular weight excluding hydrogens is 1760 g/mol. The molecule has 0 spiro atoms. The summed E-state index contributed by atoms with van der Waals surface area (Å²) in [7, 11) is 0. The van der Waals surface area contributed by atoms with Crippen LogP contribution in [0.2, 0.25) is 0 Å². The van der Waals surface area contributed by atoms with Gasteiger partial charge in [0.1, 0.15) is 0 Å². The Bertz CT molecular complexity index is 4380. The fourth-order valence-corrected chi connectivity index (χ4v) is 29.3. The molecule has 8 aromatic heterocycles. The first-order valence-electron chi connectivity index (χ1n) is 36.2. The van der Waals surface area contributed by atoms with Crippen LogP contribution in [-0.2, 0) is 25.7 Å². The fraction of sp³-hybridized carbons (Fsp3) is 0.404. The second-order valence-corrected chi connectivity index (χ2v) is 54.6. The minimum absolute atomic E-state index is 0.364. The van der Waals surface area contributed by atoms with Crippen LogP contribution in [0.1, 0.15) is 192 Å². The molecule has 0 bridgehead atoms. The molecule has 0 atom stereocenters. The summed E-state index contributed by atoms with van der Waals surface area (Å²) in [4.78, 5) is 0. The topological polar surface area (TPSA) is 0 Å². The van der Waals surface area contributed by atoms with E-state index in [0.717, 1.165) is 12.8 Å². The van der Waals surface area contributed by atoms with E-state index in [-0.39, 0.29) is 0 Å². The Morgan fingerprint density at radius 3 is 0.794 bits per heavy atom. The molecule has 0 amide bonds. The average Bonchev–Trinajstić information content (AvgIpc) is 1.65. The van der Waals surface area contributed by atoms with Gasteiger partial charge in [0, 0.05) is 0 Å². The van der Waals surface area contributed by atoms with Gasteiger partial charge in [0.05, 0.1) is 0 Å². The third kappa shape index (κ3) is 31.2. The van der Waals surface area contributed by atoms with E-state index < -0.39 is 0 Å². The molecule has 0 radical (unpaired) electrons. The van der Waals surface area contributed by atoms with E-state index in [1.807, 2.05) is 0 Å². The summed E-state index contributed by atoms with van der Waals surface area (Å²) >= 11 is 4.92. The summed E-state index contributed by atoms with van der Waals surface area (Å²) in [6.07, 6.45) is 4.83. The minimum atomic E-state index is 0.364. The van der Waals surface area contributed by atoms with Crippen molar-refractivity contribution in [1.29, 1.82) is 0 Å². The molecule has 0 fully saturated rings. The normalized spacial score (nSPS) is 11.2. The molecule has 4 aromatic carbocycles. The van der Waals surface area contributed by atoms with Crippen LogP contribution in [0.25, 0.3) is 40.0 Å². The Labute approximate surface area is 670 Å². The van der Waals surface area contributed by atoms with E-state index in [1.54, 1.807) is 64.4 Å². The van der Waals surface area contributed by atoms with Gasteiger partial charge in [0.15, 0.2) is 0 Å². The van der Waals surface area contributed by atoms with Crippen LogP contribution in [0.3, 0.4) is 0 Å². The van der Waals surface area contributed by atoms with Crippen LogP contribution in [-0.4, -0.2) is 116 Å². The second kappa shape index (κ2) is 41.4. The number of hydrogen-bond acceptors (Lipinski definition) is 0. The fourth-order valence-electron chi connectivity index (χ4n) is 11.2. The van der Waals surface area contributed by atoms with Crippen LogP contribution >= 0.6 is 0 Å². The van der Waals surface area contributed by atoms with E-state index in [0.29, 0.717) is 138 Å². The number of rotatable bonds is 8. The Morgan fingerprint density at radius 2 is 0.510 bits per heavy atom. The molecule has 12 rings (SSSR count). The quantitative estimate of drug-likeness (QED) is 0.133. The molecule has 0 N–H and O–H groups in total. The number of hydrogen-bond donors (Lipinski definition) is 0. The molecular formula is C94H124Se8. The first kappa shape index (κ1) is 89.5. The van der Waals surface area contributed by atoms with Crippen molar-refractivity contribution < 1.29 is 0 Å². The summed E-state index contributed by atoms with van der Waals surface area (Å²) in [5, 5.41) is 0. The van der Waals surface area contributed by atoms with E-state index in [2.05, 4.69) is 365 Å². The van der Waals surface area contributed by atoms with Gasteiger partial charge in [0.2, 0.25) is 0 Å². The van der Waals surface area contributed by atoms with Crippen molar-refractivity contribution in [2.24, 2.45) is 21.7 Å². The molecule has 0 aliphatic heterocycles. The van der Waals surface area contributed by atoms with Crippen LogP contribution in [0.4, 0.5) is 0 Å². The van der Waals surface area contributed by atoms with Gasteiger partial charge >= 0.3 is 678 Å². The van der Waals surface area contributed by atoms with Gasteiger partial charge in [-0.1, -0.05) is 0 Å². The van der Waals surface area contributed by atoms with Gasteiger partial charge < -0.3 is 0 Å². The Hall–Kier alpha value is -3.12. The molecule has 8 heteroatoms. The zero-order chi connectivity index (χ0) is 76.2. The van der Waals surface area contributed by atoms with Crippen molar-refractivity contribution in [3.8, 4) is 40.0 Å². The van der Waals surface area contributed by atoms with Crippen molar-refractivity contribution in [2.75, 3.05) is 0 Å². The van der Waals surface area contributed by atoms with Crippen LogP contribution in [0.5, 0.6) is 0 Å². The number of benzene rings is 4. The van der Waals surface area contributed by atoms with Gasteiger partial charge in [-0.25, -0.2) is 0 Å². The molecule has 0 saturated carbocycles. The van der Waals surface area contributed by atoms with Crippen molar-refractivity contribution in [1.82, 2.24) is 0 Å². The zero-order valence-electron chi connectivity index (χ0n) is 68.1. The van der Waals surface area contributed by atoms with Crippen molar-refractivity contribution in [3.05, 3.63) is 267 Å². The molecule has 12 aromatic rings. The maximum absolute atomic E-state index is 2.33. The average molecular weight is 1890 g/mol. The maximum atomic E-state index is 2.33. The summed E-state index contributed by atoms with van der Waals surface area (Å²) in [5.41, 5.74) is 22.3. The molecule has 102 heavy (non-hydrogen) atoms. The molecule has 548 valence electrons. The summed E-state index contributed by atoms with van der Waals surface area (Å²) in [5.74, 6) is 0. The summed E-state index contributed by atoms with van der Waals surface area (Å²) in [6.45, 7) is 68.0. The predicted octanol–water partition coefficient (Wildman–Crippen LogP) is 24.5. The van der Waals surface area contributed by atoms with Crippen molar-refractivity contribution in [2.45, 2.75) is 233 Å². The van der Waals surface area contributed by atoms with E-state index >= 15 is 0 Å². The Morgan fingerprint density at radius 1 is 0.216 bits per heavy atom. The van der Waals surface area contributed by atoms with Gasteiger partial charge in [-0.15, -0.1) is 0 Å². The van der Waals surface area contributed by atoms with Gasteiger partial charge in [-0.2, -0.15) is 0 Å². The third-order valence-corrected chi connectivity index (χ3v) is 37.1. The van der Waals surface area contributed by atoms with Gasteiger partial charge in [-0.3, -0.25) is 0 Å². The molecule has 0 aliphatic carbocycles. The van der Waals surface area contributed by atoms with Gasteiger partial charge in [-0.05, 0) is 0 Å². The molecule has 0 aliphatic rings. The zero-order valence-corrected chi connectivity index (χ0v) is 81.8. The number of aryl methyl sites for hydroxylation is 10. The summed E-state index contributed by atoms with van der Waals surface area (Å²) < 4.78 is 25.2. The molecule has 0 unspecified atom stereocenters. The monoisotopic (exact) mass is 1890 g/mol. The first-order valence-corrected chi connectivity index (χ1v) is 49.9. The van der Waals surface area contributed by atoms with E-state index in [9.17, 15) is 0 Å². The van der Waals surface area contributed by atoms with E-state index in [4.69, 9.17) is 0 Å². The summed E-state index contributed by atoms with van der Waals surface area (Å²) in [6, 6.07) is 57.7.